The summed E-state index contributed by atoms with van der Waals surface area (Å²) in [6.45, 7) is 3.31. The highest BCUT2D eigenvalue weighted by Gasteiger charge is 2.40. The first kappa shape index (κ1) is 129. The molecule has 1 heterocycles. The van der Waals surface area contributed by atoms with Gasteiger partial charge in [0.15, 0.2) is 82.4 Å². The number of aliphatic hydroxyl groups is 1. The Balaban J connectivity index is 2.85. The topological polar surface area (TPSA) is 1020 Å². The molecule has 0 fully saturated rings. The minimum Gasteiger partial charge on any atom is -0.481 e. The summed E-state index contributed by atoms with van der Waals surface area (Å²) < 4.78 is 0. The molecule has 0 aliphatic rings. The summed E-state index contributed by atoms with van der Waals surface area (Å²) in [7, 11) is 0. The summed E-state index contributed by atoms with van der Waals surface area (Å²) in [5.74, 6) is -32.2. The van der Waals surface area contributed by atoms with Crippen molar-refractivity contribution in [3.63, 3.8) is 0 Å². The number of primary amides is 2. The first-order valence-electron chi connectivity index (χ1n) is 49.1. The predicted molar refractivity (Wildman–Crippen MR) is 546 cm³/mol. The quantitative estimate of drug-likeness (QED) is 0.0168. The number of carboxylic acids is 2. The standard InChI is InChI=1S/C93H155N33O22/c1-49(121-80(143)57(24-27-76(94)137)44-74(135)67(23-13-37-119-93(110)111)125-85(148)62(50(2)127)47-60(129)25-28-78(139)140)69(130)39-52(14-6-30-112-86(96)97)70(131)40-53(15-7-31-113-87(98)99)71(132)45-58(46-77(95)138)84(147)124-66(22-12-36-118-92(108)109)73(134)41-54(16-8-32-114-88(100)101)82(145)123-65(21-11-35-117-91(106)107)72(133)42-55(17-9-33-115-89(102)103)83(146)126-68(38-59-48-120-64-20-5-4-19-61(59)64)75(136)43-56(18-10-34-116-90(104)105)81(144)122-63(51(3)128)26-29-79(141)142/h4-5,19-20,48-50,52-58,62-63,65-68,120,127H,6-18,21-47H2,1-3H3,(H2,94,137)(H2,95,138)(H,121,143)(H,122,144)(H,123,145)(H,124,147)(H,125,148)(H,126,146)(H,139,140)(H,141,142)(H4,96,97,112)(H4,98,99,113)(H4,100,101,114)(H4,102,103,115)(H4,104,105,116)(H4,106,107,117)(H4,108,109,118)(H4,110,111,119)/t49-,50?,52+,53+,54+,55+,56+,57+,58-,62-,63-,65-,66-,67-,68-/m0/s1. The lowest BCUT2D eigenvalue weighted by Crippen LogP contribution is -2.49. The van der Waals surface area contributed by atoms with E-state index in [-0.39, 0.29) is 168 Å². The van der Waals surface area contributed by atoms with Crippen LogP contribution in [0.15, 0.2) is 30.5 Å². The van der Waals surface area contributed by atoms with Crippen LogP contribution >= 0.6 is 0 Å². The van der Waals surface area contributed by atoms with Crippen LogP contribution < -0.4 is 132 Å². The Morgan fingerprint density at radius 3 is 0.966 bits per heavy atom. The molecule has 1 aromatic heterocycles. The fourth-order valence-electron chi connectivity index (χ4n) is 16.4. The van der Waals surface area contributed by atoms with Crippen molar-refractivity contribution in [1.29, 1.82) is 43.3 Å². The van der Waals surface area contributed by atoms with Gasteiger partial charge >= 0.3 is 11.9 Å². The van der Waals surface area contributed by atoms with Crippen molar-refractivity contribution in [3.05, 3.63) is 36.0 Å². The molecule has 0 radical (unpaired) electrons. The number of carbonyl (C=O) groups is 19. The van der Waals surface area contributed by atoms with E-state index in [2.05, 4.69) is 79.4 Å². The van der Waals surface area contributed by atoms with Crippen LogP contribution in [0.1, 0.15) is 225 Å². The van der Waals surface area contributed by atoms with E-state index in [0.29, 0.717) is 16.5 Å². The molecule has 0 bridgehead atoms. The zero-order valence-corrected chi connectivity index (χ0v) is 84.2. The third-order valence-electron chi connectivity index (χ3n) is 24.5. The number of aromatic nitrogens is 1. The van der Waals surface area contributed by atoms with Gasteiger partial charge in [-0.25, -0.2) is 0 Å². The number of hydrogen-bond acceptors (Lipinski definition) is 28. The van der Waals surface area contributed by atoms with Crippen molar-refractivity contribution < 1.29 is 106 Å². The minimum atomic E-state index is -1.73. The number of benzene rings is 1. The lowest BCUT2D eigenvalue weighted by Gasteiger charge is -2.27. The number of H-pyrrole nitrogens is 1. The van der Waals surface area contributed by atoms with Gasteiger partial charge < -0.3 is 152 Å². The third kappa shape index (κ3) is 55.1. The lowest BCUT2D eigenvalue weighted by molar-refractivity contribution is -0.139. The Morgan fingerprint density at radius 2 is 0.615 bits per heavy atom. The first-order valence-corrected chi connectivity index (χ1v) is 49.1. The summed E-state index contributed by atoms with van der Waals surface area (Å²) in [4.78, 5) is 270. The highest BCUT2D eigenvalue weighted by Crippen LogP contribution is 2.29. The molecule has 148 heavy (non-hydrogen) atoms. The van der Waals surface area contributed by atoms with Crippen molar-refractivity contribution in [2.75, 3.05) is 52.4 Å². The number of aliphatic hydroxyl groups excluding tert-OH is 1. The Bertz CT molecular complexity index is 4930. The number of carboxylic acid groups (broad SMARTS) is 2. The molecule has 8 amide bonds. The Kier molecular flexibility index (Phi) is 60.5. The van der Waals surface area contributed by atoms with Gasteiger partial charge in [0.1, 0.15) is 17.3 Å². The molecule has 0 aliphatic carbocycles. The van der Waals surface area contributed by atoms with Crippen LogP contribution in [0.2, 0.25) is 0 Å². The van der Waals surface area contributed by atoms with E-state index in [4.69, 9.17) is 106 Å². The number of rotatable bonds is 82. The number of hydrogen-bond donors (Lipinski definition) is 36. The second-order valence-corrected chi connectivity index (χ2v) is 36.7. The monoisotopic (exact) mass is 2090 g/mol. The minimum absolute atomic E-state index is 0.00325. The molecule has 0 aliphatic heterocycles. The van der Waals surface area contributed by atoms with E-state index in [1.54, 1.807) is 30.5 Å². The van der Waals surface area contributed by atoms with Crippen molar-refractivity contribution in [3.8, 4) is 0 Å². The van der Waals surface area contributed by atoms with E-state index < -0.39 is 339 Å². The van der Waals surface area contributed by atoms with Crippen molar-refractivity contribution in [2.45, 2.75) is 269 Å². The highest BCUT2D eigenvalue weighted by atomic mass is 16.4. The zero-order valence-electron chi connectivity index (χ0n) is 84.2. The Hall–Kier alpha value is -15.4. The molecule has 15 atom stereocenters. The van der Waals surface area contributed by atoms with E-state index in [1.807, 2.05) is 0 Å². The van der Waals surface area contributed by atoms with Crippen LogP contribution in [0.25, 0.3) is 10.9 Å². The predicted octanol–water partition coefficient (Wildman–Crippen LogP) is -4.81. The summed E-state index contributed by atoms with van der Waals surface area (Å²) in [6.07, 6.45) is -10.5. The van der Waals surface area contributed by atoms with Crippen molar-refractivity contribution >= 4 is 170 Å². The number of nitrogens with one attached hydrogen (secondary N) is 23. The maximum Gasteiger partial charge on any atom is 0.303 e. The number of amides is 8. The second kappa shape index (κ2) is 69.6. The van der Waals surface area contributed by atoms with Crippen molar-refractivity contribution in [1.82, 2.24) is 79.4 Å². The lowest BCUT2D eigenvalue weighted by atomic mass is 9.81. The zero-order chi connectivity index (χ0) is 111. The molecule has 0 saturated carbocycles. The summed E-state index contributed by atoms with van der Waals surface area (Å²) in [5, 5.41) is 129. The fraction of sp³-hybridized carbons (Fsp3) is 0.624. The molecule has 55 nitrogen and oxygen atoms in total. The molecule has 1 unspecified atom stereocenters. The smallest absolute Gasteiger partial charge is 0.303 e. The van der Waals surface area contributed by atoms with E-state index in [9.17, 15) is 63.0 Å². The third-order valence-corrected chi connectivity index (χ3v) is 24.5. The molecule has 2 rings (SSSR count). The molecular formula is C93H155N33O22. The number of aliphatic carboxylic acids is 2. The molecule has 2 aromatic rings. The fourth-order valence-corrected chi connectivity index (χ4v) is 16.4. The van der Waals surface area contributed by atoms with E-state index >= 15 is 38.4 Å². The van der Waals surface area contributed by atoms with Crippen LogP contribution in [0.4, 0.5) is 0 Å². The van der Waals surface area contributed by atoms with Crippen LogP contribution in [0.3, 0.4) is 0 Å². The maximum atomic E-state index is 15.4. The van der Waals surface area contributed by atoms with Gasteiger partial charge in [0.25, 0.3) is 0 Å². The largest absolute Gasteiger partial charge is 0.481 e. The van der Waals surface area contributed by atoms with Crippen LogP contribution in [-0.2, 0) is 97.5 Å². The number of guanidine groups is 8. The molecular weight excluding hydrogens is 1930 g/mol. The molecule has 55 heteroatoms. The highest BCUT2D eigenvalue weighted by molar-refractivity contribution is 6.02. The number of aromatic amines is 1. The van der Waals surface area contributed by atoms with Gasteiger partial charge in [-0.1, -0.05) is 18.2 Å². The summed E-state index contributed by atoms with van der Waals surface area (Å²) in [5.41, 5.74) is 57.2. The van der Waals surface area contributed by atoms with Gasteiger partial charge in [-0.3, -0.25) is 134 Å². The van der Waals surface area contributed by atoms with Gasteiger partial charge in [-0.2, -0.15) is 0 Å². The van der Waals surface area contributed by atoms with Gasteiger partial charge in [0, 0.05) is 188 Å². The SMILES string of the molecule is CC(=O)[C@H](CCC(=O)O)NC(=O)[C@H](CCCNC(=N)N)CC(=O)[C@H](Cc1c[nH]c2ccccc12)NC(=O)[C@H](CCCNC(=N)N)CC(=O)[C@H](CCCNC(=N)N)NC(=O)[C@H](CCCNC(=N)N)CC(=O)[C@H](CCCNC(=N)N)NC(=O)[C@H](CC(N)=O)CC(=O)[C@H](CCCNC(=N)N)CC(=O)[C@H](CCCNC(=N)N)CC(=O)[C@H](C)NC(=O)[C@H](CCC(N)=O)CC(=O)[C@H](CCCNC(=N)N)NC(=O)[C@@H](CC(=O)CCC(=O)O)C(C)O. The van der Waals surface area contributed by atoms with E-state index in [0.717, 1.165) is 6.92 Å². The normalized spacial score (nSPS) is 14.1. The Labute approximate surface area is 856 Å². The number of para-hydroxylation sites is 1. The molecule has 824 valence electrons. The van der Waals surface area contributed by atoms with Gasteiger partial charge in [-0.05, 0) is 148 Å². The molecule has 1 aromatic carbocycles. The van der Waals surface area contributed by atoms with Crippen LogP contribution in [0, 0.1) is 90.6 Å². The van der Waals surface area contributed by atoms with Gasteiger partial charge in [0.2, 0.25) is 47.3 Å². The number of nitrogens with two attached hydrogens (primary N) is 10. The van der Waals surface area contributed by atoms with Crippen LogP contribution in [0.5, 0.6) is 0 Å². The maximum absolute atomic E-state index is 15.4. The second-order valence-electron chi connectivity index (χ2n) is 36.7. The molecule has 0 saturated heterocycles. The van der Waals surface area contributed by atoms with Gasteiger partial charge in [-0.15, -0.1) is 0 Å². The van der Waals surface area contributed by atoms with Crippen LogP contribution in [-0.4, -0.2) is 274 Å². The number of fused-ring (bicyclic) bond motifs is 1. The first-order chi connectivity index (χ1) is 69.7. The number of carbonyl (C=O) groups excluding carboxylic acids is 17. The van der Waals surface area contributed by atoms with Gasteiger partial charge in [0.05, 0.1) is 60.6 Å². The number of ketones is 9. The number of Topliss-reactive ketones (excluding diaryl/α,β-unsaturated/α-hetero) is 9. The Morgan fingerprint density at radius 1 is 0.311 bits per heavy atom. The average Bonchev–Trinajstić information content (AvgIpc) is 1.67. The average molecular weight is 2090 g/mol. The summed E-state index contributed by atoms with van der Waals surface area (Å²) >= 11 is 0. The molecule has 0 spiro atoms. The van der Waals surface area contributed by atoms with Crippen molar-refractivity contribution in [2.24, 2.45) is 105 Å². The summed E-state index contributed by atoms with van der Waals surface area (Å²) in [6, 6.07) is -1.87. The molecule has 46 N–H and O–H groups in total. The van der Waals surface area contributed by atoms with E-state index in [1.165, 1.54) is 13.8 Å².